The number of hydrogen-bond acceptors (Lipinski definition) is 6. The van der Waals surface area contributed by atoms with E-state index in [0.29, 0.717) is 25.2 Å². The summed E-state index contributed by atoms with van der Waals surface area (Å²) < 4.78 is 5.52. The molecule has 0 unspecified atom stereocenters. The highest BCUT2D eigenvalue weighted by molar-refractivity contribution is 6.33. The number of rotatable bonds is 5. The van der Waals surface area contributed by atoms with Crippen molar-refractivity contribution in [2.24, 2.45) is 5.41 Å². The van der Waals surface area contributed by atoms with Crippen molar-refractivity contribution in [2.45, 2.75) is 50.3 Å². The summed E-state index contributed by atoms with van der Waals surface area (Å²) in [5, 5.41) is 11.9. The Morgan fingerprint density at radius 3 is 2.85 bits per heavy atom. The van der Waals surface area contributed by atoms with Crippen LogP contribution in [0.15, 0.2) is 11.0 Å². The summed E-state index contributed by atoms with van der Waals surface area (Å²) in [6.45, 7) is 1.12. The first-order valence-corrected chi connectivity index (χ1v) is 9.51. The van der Waals surface area contributed by atoms with Gasteiger partial charge in [-0.25, -0.2) is 9.89 Å². The largest absolute Gasteiger partial charge is 0.444 e. The molecule has 1 atom stereocenters. The van der Waals surface area contributed by atoms with Crippen molar-refractivity contribution in [2.75, 3.05) is 18.0 Å². The second-order valence-corrected chi connectivity index (χ2v) is 8.18. The Balaban J connectivity index is 1.21. The maximum absolute atomic E-state index is 12.1. The zero-order chi connectivity index (χ0) is 19.0. The van der Waals surface area contributed by atoms with E-state index in [1.54, 1.807) is 0 Å². The second kappa shape index (κ2) is 7.03. The van der Waals surface area contributed by atoms with Gasteiger partial charge in [-0.05, 0) is 31.1 Å². The topological polar surface area (TPSA) is 116 Å². The third-order valence-electron chi connectivity index (χ3n) is 5.88. The molecule has 2 heterocycles. The van der Waals surface area contributed by atoms with Crippen molar-refractivity contribution in [1.29, 1.82) is 0 Å². The standard InChI is InChI=1S/C17H22ClN5O4/c18-14-13(7-20-22-15(14)25)23-2-1-12(8-23)27-16(26)21-11-5-17(6-11)3-10(4-17)19-9-24/h7,9-12H,1-6,8H2,(H,19,24)(H,21,26)(H,22,25)/t10?,11?,12-,17?/m1/s1. The highest BCUT2D eigenvalue weighted by Gasteiger charge is 2.53. The maximum atomic E-state index is 12.1. The number of hydrogen-bond donors (Lipinski definition) is 3. The van der Waals surface area contributed by atoms with E-state index in [-0.39, 0.29) is 28.6 Å². The quantitative estimate of drug-likeness (QED) is 0.634. The van der Waals surface area contributed by atoms with Crippen molar-refractivity contribution in [3.63, 3.8) is 0 Å². The van der Waals surface area contributed by atoms with Crippen LogP contribution in [0, 0.1) is 5.41 Å². The molecule has 3 aliphatic rings. The second-order valence-electron chi connectivity index (χ2n) is 7.80. The lowest BCUT2D eigenvalue weighted by Crippen LogP contribution is -2.60. The Labute approximate surface area is 160 Å². The molecule has 1 spiro atoms. The number of aromatic nitrogens is 2. The van der Waals surface area contributed by atoms with Crippen LogP contribution in [0.5, 0.6) is 0 Å². The van der Waals surface area contributed by atoms with Gasteiger partial charge in [0, 0.05) is 25.0 Å². The van der Waals surface area contributed by atoms with E-state index in [1.807, 2.05) is 4.90 Å². The van der Waals surface area contributed by atoms with Crippen LogP contribution in [0.25, 0.3) is 0 Å². The van der Waals surface area contributed by atoms with Gasteiger partial charge in [0.15, 0.2) is 0 Å². The number of carbonyl (C=O) groups excluding carboxylic acids is 2. The van der Waals surface area contributed by atoms with Gasteiger partial charge >= 0.3 is 6.09 Å². The predicted octanol–water partition coefficient (Wildman–Crippen LogP) is 0.785. The Morgan fingerprint density at radius 1 is 1.37 bits per heavy atom. The molecule has 0 radical (unpaired) electrons. The van der Waals surface area contributed by atoms with E-state index < -0.39 is 11.7 Å². The molecule has 10 heteroatoms. The van der Waals surface area contributed by atoms with Crippen LogP contribution in [0.1, 0.15) is 32.1 Å². The first kappa shape index (κ1) is 18.1. The van der Waals surface area contributed by atoms with E-state index in [1.165, 1.54) is 6.20 Å². The molecule has 1 aromatic rings. The molecular formula is C17H22ClN5O4. The molecule has 0 aromatic carbocycles. The third kappa shape index (κ3) is 3.60. The SMILES string of the molecule is O=CNC1CC2(C1)CC(NC(=O)O[C@@H]1CCN(c3cn[nH]c(=O)c3Cl)C1)C2. The van der Waals surface area contributed by atoms with Crippen molar-refractivity contribution in [3.8, 4) is 0 Å². The Bertz CT molecular complexity index is 786. The summed E-state index contributed by atoms with van der Waals surface area (Å²) in [6.07, 6.45) is 6.12. The van der Waals surface area contributed by atoms with Gasteiger partial charge in [0.2, 0.25) is 6.41 Å². The Morgan fingerprint density at radius 2 is 2.11 bits per heavy atom. The first-order valence-electron chi connectivity index (χ1n) is 9.13. The van der Waals surface area contributed by atoms with E-state index in [9.17, 15) is 14.4 Å². The van der Waals surface area contributed by atoms with Gasteiger partial charge in [0.05, 0.1) is 18.4 Å². The minimum absolute atomic E-state index is 0.0951. The fraction of sp³-hybridized carbons (Fsp3) is 0.647. The number of halogens is 1. The number of ether oxygens (including phenoxy) is 1. The zero-order valence-electron chi connectivity index (χ0n) is 14.7. The molecule has 2 saturated carbocycles. The molecule has 146 valence electrons. The van der Waals surface area contributed by atoms with Gasteiger partial charge in [-0.1, -0.05) is 11.6 Å². The average molecular weight is 396 g/mol. The smallest absolute Gasteiger partial charge is 0.407 e. The van der Waals surface area contributed by atoms with Crippen LogP contribution in [0.3, 0.4) is 0 Å². The van der Waals surface area contributed by atoms with Crippen LogP contribution in [-0.2, 0) is 9.53 Å². The number of aromatic amines is 1. The molecule has 27 heavy (non-hydrogen) atoms. The molecule has 3 fully saturated rings. The fourth-order valence-corrected chi connectivity index (χ4v) is 4.82. The van der Waals surface area contributed by atoms with E-state index in [2.05, 4.69) is 20.8 Å². The number of nitrogens with one attached hydrogen (secondary N) is 3. The van der Waals surface area contributed by atoms with Gasteiger partial charge in [0.25, 0.3) is 5.56 Å². The molecule has 9 nitrogen and oxygen atoms in total. The molecule has 3 N–H and O–H groups in total. The van der Waals surface area contributed by atoms with Crippen molar-refractivity contribution >= 4 is 29.8 Å². The minimum Gasteiger partial charge on any atom is -0.444 e. The summed E-state index contributed by atoms with van der Waals surface area (Å²) >= 11 is 6.03. The number of amides is 2. The highest BCUT2D eigenvalue weighted by atomic mass is 35.5. The molecule has 2 amide bonds. The third-order valence-corrected chi connectivity index (χ3v) is 6.25. The van der Waals surface area contributed by atoms with Crippen molar-refractivity contribution in [1.82, 2.24) is 20.8 Å². The summed E-state index contributed by atoms with van der Waals surface area (Å²) in [6, 6.07) is 0.421. The Hall–Kier alpha value is -2.29. The predicted molar refractivity (Wildman–Crippen MR) is 97.8 cm³/mol. The van der Waals surface area contributed by atoms with E-state index >= 15 is 0 Å². The molecule has 1 aromatic heterocycles. The van der Waals surface area contributed by atoms with Gasteiger partial charge in [0.1, 0.15) is 11.1 Å². The molecule has 4 rings (SSSR count). The van der Waals surface area contributed by atoms with Crippen LogP contribution < -0.4 is 21.1 Å². The molecule has 2 aliphatic carbocycles. The van der Waals surface area contributed by atoms with Gasteiger partial charge in [-0.15, -0.1) is 0 Å². The van der Waals surface area contributed by atoms with Crippen molar-refractivity contribution < 1.29 is 14.3 Å². The highest BCUT2D eigenvalue weighted by Crippen LogP contribution is 2.55. The lowest BCUT2D eigenvalue weighted by atomic mass is 9.52. The van der Waals surface area contributed by atoms with Crippen LogP contribution in [0.4, 0.5) is 10.5 Å². The van der Waals surface area contributed by atoms with Gasteiger partial charge in [-0.2, -0.15) is 5.10 Å². The number of carbonyl (C=O) groups is 2. The fourth-order valence-electron chi connectivity index (χ4n) is 4.61. The van der Waals surface area contributed by atoms with Gasteiger partial charge in [-0.3, -0.25) is 9.59 Å². The normalized spacial score (nSPS) is 31.7. The number of nitrogens with zero attached hydrogens (tertiary/aromatic N) is 2. The summed E-state index contributed by atoms with van der Waals surface area (Å²) in [7, 11) is 0. The zero-order valence-corrected chi connectivity index (χ0v) is 15.5. The van der Waals surface area contributed by atoms with E-state index in [4.69, 9.17) is 16.3 Å². The number of H-pyrrole nitrogens is 1. The monoisotopic (exact) mass is 395 g/mol. The number of anilines is 1. The number of alkyl carbamates (subject to hydrolysis) is 1. The minimum atomic E-state index is -0.434. The van der Waals surface area contributed by atoms with Crippen LogP contribution in [-0.4, -0.2) is 54.0 Å². The molecule has 0 bridgehead atoms. The molecular weight excluding hydrogens is 374 g/mol. The first-order chi connectivity index (χ1) is 13.0. The van der Waals surface area contributed by atoms with Crippen LogP contribution in [0.2, 0.25) is 5.02 Å². The van der Waals surface area contributed by atoms with E-state index in [0.717, 1.165) is 32.1 Å². The van der Waals surface area contributed by atoms with Crippen molar-refractivity contribution in [3.05, 3.63) is 21.6 Å². The maximum Gasteiger partial charge on any atom is 0.407 e. The Kier molecular flexibility index (Phi) is 4.71. The lowest BCUT2D eigenvalue weighted by Gasteiger charge is -2.57. The molecule has 1 saturated heterocycles. The summed E-state index contributed by atoms with van der Waals surface area (Å²) in [4.78, 5) is 36.0. The van der Waals surface area contributed by atoms with Crippen LogP contribution >= 0.6 is 11.6 Å². The lowest BCUT2D eigenvalue weighted by molar-refractivity contribution is -0.113. The summed E-state index contributed by atoms with van der Waals surface area (Å²) in [5.41, 5.74) is 0.403. The molecule has 1 aliphatic heterocycles. The van der Waals surface area contributed by atoms with Gasteiger partial charge < -0.3 is 20.3 Å². The average Bonchev–Trinajstić information content (AvgIpc) is 3.01. The summed E-state index contributed by atoms with van der Waals surface area (Å²) in [5.74, 6) is 0.